The van der Waals surface area contributed by atoms with Crippen molar-refractivity contribution in [3.8, 4) is 0 Å². The van der Waals surface area contributed by atoms with Crippen molar-refractivity contribution in [3.63, 3.8) is 0 Å². The molecule has 1 saturated carbocycles. The first-order valence-corrected chi connectivity index (χ1v) is 10.5. The van der Waals surface area contributed by atoms with Crippen LogP contribution in [0, 0.1) is 11.8 Å². The van der Waals surface area contributed by atoms with Crippen molar-refractivity contribution in [1.82, 2.24) is 15.1 Å². The standard InChI is InChI=1S/C20H35N3O3.ClH/c1-26-19(24)7-4-16-2-5-18(6-3-16)23-15-14-22(20(23)25)13-10-17-8-11-21-12-9-17;/h16-18,21H,2-15H2,1H3;1H/t16-,18-;. The fourth-order valence-electron chi connectivity index (χ4n) is 4.83. The van der Waals surface area contributed by atoms with Crippen LogP contribution in [0.5, 0.6) is 0 Å². The average molecular weight is 402 g/mol. The van der Waals surface area contributed by atoms with Crippen LogP contribution in [-0.4, -0.2) is 67.7 Å². The van der Waals surface area contributed by atoms with E-state index in [-0.39, 0.29) is 24.4 Å². The number of ether oxygens (including phenoxy) is 1. The minimum Gasteiger partial charge on any atom is -0.469 e. The van der Waals surface area contributed by atoms with Gasteiger partial charge >= 0.3 is 12.0 Å². The van der Waals surface area contributed by atoms with Gasteiger partial charge in [0.1, 0.15) is 0 Å². The first kappa shape index (κ1) is 22.3. The van der Waals surface area contributed by atoms with E-state index in [1.807, 2.05) is 0 Å². The summed E-state index contributed by atoms with van der Waals surface area (Å²) in [5.74, 6) is 1.29. The van der Waals surface area contributed by atoms with Gasteiger partial charge in [-0.1, -0.05) is 0 Å². The van der Waals surface area contributed by atoms with Crippen molar-refractivity contribution in [3.05, 3.63) is 0 Å². The summed E-state index contributed by atoms with van der Waals surface area (Å²) in [7, 11) is 1.45. The summed E-state index contributed by atoms with van der Waals surface area (Å²) < 4.78 is 4.74. The zero-order valence-corrected chi connectivity index (χ0v) is 17.5. The smallest absolute Gasteiger partial charge is 0.320 e. The number of nitrogens with one attached hydrogen (secondary N) is 1. The van der Waals surface area contributed by atoms with Gasteiger partial charge in [0.25, 0.3) is 0 Å². The summed E-state index contributed by atoms with van der Waals surface area (Å²) in [6.07, 6.45) is 9.53. The molecule has 3 rings (SSSR count). The number of carbonyl (C=O) groups excluding carboxylic acids is 2. The lowest BCUT2D eigenvalue weighted by molar-refractivity contribution is -0.141. The Morgan fingerprint density at radius 3 is 2.37 bits per heavy atom. The number of methoxy groups -OCH3 is 1. The normalized spacial score (nSPS) is 26.8. The third kappa shape index (κ3) is 6.24. The fraction of sp³-hybridized carbons (Fsp3) is 0.900. The summed E-state index contributed by atoms with van der Waals surface area (Å²) in [6, 6.07) is 0.665. The number of amides is 2. The maximum atomic E-state index is 12.8. The molecule has 0 bridgehead atoms. The van der Waals surface area contributed by atoms with E-state index in [0.29, 0.717) is 18.4 Å². The van der Waals surface area contributed by atoms with Gasteiger partial charge < -0.3 is 19.9 Å². The molecule has 0 aromatic carbocycles. The second kappa shape index (κ2) is 11.1. The number of piperidine rings is 1. The van der Waals surface area contributed by atoms with Crippen molar-refractivity contribution in [2.24, 2.45) is 11.8 Å². The van der Waals surface area contributed by atoms with Crippen LogP contribution in [0.25, 0.3) is 0 Å². The third-order valence-electron chi connectivity index (χ3n) is 6.63. The van der Waals surface area contributed by atoms with Crippen LogP contribution in [-0.2, 0) is 9.53 Å². The summed E-state index contributed by atoms with van der Waals surface area (Å²) in [5.41, 5.74) is 0. The number of hydrogen-bond acceptors (Lipinski definition) is 4. The third-order valence-corrected chi connectivity index (χ3v) is 6.63. The van der Waals surface area contributed by atoms with Crippen LogP contribution in [0.3, 0.4) is 0 Å². The Labute approximate surface area is 169 Å². The molecule has 0 atom stereocenters. The van der Waals surface area contributed by atoms with Gasteiger partial charge in [-0.15, -0.1) is 12.4 Å². The molecule has 27 heavy (non-hydrogen) atoms. The minimum atomic E-state index is -0.105. The number of carbonyl (C=O) groups is 2. The van der Waals surface area contributed by atoms with E-state index in [2.05, 4.69) is 15.1 Å². The van der Waals surface area contributed by atoms with E-state index < -0.39 is 0 Å². The second-order valence-electron chi connectivity index (χ2n) is 8.23. The summed E-state index contributed by atoms with van der Waals surface area (Å²) in [6.45, 7) is 4.97. The molecule has 2 aliphatic heterocycles. The lowest BCUT2D eigenvalue weighted by Gasteiger charge is -2.34. The van der Waals surface area contributed by atoms with E-state index in [9.17, 15) is 9.59 Å². The zero-order chi connectivity index (χ0) is 18.4. The van der Waals surface area contributed by atoms with Crippen molar-refractivity contribution in [2.75, 3.05) is 39.8 Å². The molecule has 0 spiro atoms. The van der Waals surface area contributed by atoms with Gasteiger partial charge in [-0.2, -0.15) is 0 Å². The number of rotatable bonds is 7. The molecule has 156 valence electrons. The number of esters is 1. The highest BCUT2D eigenvalue weighted by molar-refractivity contribution is 5.85. The lowest BCUT2D eigenvalue weighted by atomic mass is 9.83. The summed E-state index contributed by atoms with van der Waals surface area (Å²) >= 11 is 0. The largest absolute Gasteiger partial charge is 0.469 e. The van der Waals surface area contributed by atoms with E-state index in [0.717, 1.165) is 77.2 Å². The Morgan fingerprint density at radius 1 is 1.04 bits per heavy atom. The Morgan fingerprint density at radius 2 is 1.70 bits per heavy atom. The number of urea groups is 1. The van der Waals surface area contributed by atoms with Gasteiger partial charge in [0, 0.05) is 32.1 Å². The number of nitrogens with zero attached hydrogens (tertiary/aromatic N) is 2. The van der Waals surface area contributed by atoms with Gasteiger partial charge in [0.15, 0.2) is 0 Å². The first-order valence-electron chi connectivity index (χ1n) is 10.5. The monoisotopic (exact) mass is 401 g/mol. The van der Waals surface area contributed by atoms with Crippen molar-refractivity contribution in [2.45, 2.75) is 63.8 Å². The van der Waals surface area contributed by atoms with E-state index in [1.165, 1.54) is 20.0 Å². The van der Waals surface area contributed by atoms with Crippen LogP contribution < -0.4 is 5.32 Å². The van der Waals surface area contributed by atoms with Gasteiger partial charge in [-0.25, -0.2) is 4.79 Å². The van der Waals surface area contributed by atoms with Crippen molar-refractivity contribution < 1.29 is 14.3 Å². The van der Waals surface area contributed by atoms with Crippen molar-refractivity contribution in [1.29, 1.82) is 0 Å². The van der Waals surface area contributed by atoms with Crippen LogP contribution in [0.2, 0.25) is 0 Å². The van der Waals surface area contributed by atoms with Gasteiger partial charge in [0.2, 0.25) is 0 Å². The van der Waals surface area contributed by atoms with Crippen LogP contribution >= 0.6 is 12.4 Å². The molecule has 0 aromatic rings. The predicted octanol–water partition coefficient (Wildman–Crippen LogP) is 3.05. The Balaban J connectivity index is 0.00000261. The number of hydrogen-bond donors (Lipinski definition) is 1. The predicted molar refractivity (Wildman–Crippen MR) is 108 cm³/mol. The topological polar surface area (TPSA) is 61.9 Å². The molecule has 0 aromatic heterocycles. The van der Waals surface area contributed by atoms with Crippen LogP contribution in [0.1, 0.15) is 57.8 Å². The molecule has 1 N–H and O–H groups in total. The van der Waals surface area contributed by atoms with Crippen molar-refractivity contribution >= 4 is 24.4 Å². The highest BCUT2D eigenvalue weighted by atomic mass is 35.5. The fourth-order valence-corrected chi connectivity index (χ4v) is 4.83. The van der Waals surface area contributed by atoms with Crippen LogP contribution in [0.4, 0.5) is 4.79 Å². The summed E-state index contributed by atoms with van der Waals surface area (Å²) in [4.78, 5) is 28.3. The van der Waals surface area contributed by atoms with Gasteiger partial charge in [0.05, 0.1) is 7.11 Å². The van der Waals surface area contributed by atoms with Crippen LogP contribution in [0.15, 0.2) is 0 Å². The van der Waals surface area contributed by atoms with Gasteiger partial charge in [-0.05, 0) is 76.3 Å². The van der Waals surface area contributed by atoms with E-state index >= 15 is 0 Å². The lowest BCUT2D eigenvalue weighted by Crippen LogP contribution is -2.41. The molecule has 1 aliphatic carbocycles. The molecule has 3 aliphatic rings. The molecule has 2 heterocycles. The minimum absolute atomic E-state index is 0. The molecular weight excluding hydrogens is 366 g/mol. The second-order valence-corrected chi connectivity index (χ2v) is 8.23. The Kier molecular flexibility index (Phi) is 9.16. The molecule has 7 heteroatoms. The summed E-state index contributed by atoms with van der Waals surface area (Å²) in [5, 5.41) is 3.41. The SMILES string of the molecule is COC(=O)CC[C@H]1CC[C@H](N2CCN(CCC3CCNCC3)C2=O)CC1.Cl. The average Bonchev–Trinajstić information content (AvgIpc) is 3.06. The zero-order valence-electron chi connectivity index (χ0n) is 16.7. The highest BCUT2D eigenvalue weighted by Gasteiger charge is 2.35. The molecule has 2 amide bonds. The quantitative estimate of drug-likeness (QED) is 0.666. The van der Waals surface area contributed by atoms with E-state index in [4.69, 9.17) is 4.74 Å². The molecule has 2 saturated heterocycles. The molecule has 6 nitrogen and oxygen atoms in total. The Bertz CT molecular complexity index is 477. The first-order chi connectivity index (χ1) is 12.7. The highest BCUT2D eigenvalue weighted by Crippen LogP contribution is 2.32. The molecule has 0 unspecified atom stereocenters. The molecule has 0 radical (unpaired) electrons. The maximum Gasteiger partial charge on any atom is 0.320 e. The Hall–Kier alpha value is -1.01. The van der Waals surface area contributed by atoms with E-state index in [1.54, 1.807) is 0 Å². The molecular formula is C20H36ClN3O3. The van der Waals surface area contributed by atoms with Gasteiger partial charge in [-0.3, -0.25) is 4.79 Å². The molecule has 3 fully saturated rings. The number of halogens is 1. The maximum absolute atomic E-state index is 12.8.